The monoisotopic (exact) mass is 309 g/mol. The van der Waals surface area contributed by atoms with Gasteiger partial charge in [0.25, 0.3) is 0 Å². The van der Waals surface area contributed by atoms with Crippen LogP contribution in [0.25, 0.3) is 0 Å². The smallest absolute Gasteiger partial charge is 0.196 e. The molecule has 2 unspecified atom stereocenters. The molecule has 1 heterocycles. The lowest BCUT2D eigenvalue weighted by atomic mass is 10.2. The number of aromatic nitrogens is 2. The molecule has 7 heteroatoms. The molecule has 114 valence electrons. The van der Waals surface area contributed by atoms with Crippen LogP contribution in [-0.4, -0.2) is 41.2 Å². The van der Waals surface area contributed by atoms with Crippen LogP contribution in [0.3, 0.4) is 0 Å². The van der Waals surface area contributed by atoms with E-state index >= 15 is 0 Å². The molecule has 1 aromatic carbocycles. The van der Waals surface area contributed by atoms with Gasteiger partial charge < -0.3 is 19.8 Å². The Kier molecular flexibility index (Phi) is 5.91. The molecule has 6 nitrogen and oxygen atoms in total. The summed E-state index contributed by atoms with van der Waals surface area (Å²) in [5.41, 5.74) is 1.86. The molecule has 0 saturated heterocycles. The summed E-state index contributed by atoms with van der Waals surface area (Å²) in [6.07, 6.45) is 3.04. The lowest BCUT2D eigenvalue weighted by Crippen LogP contribution is -2.26. The SMILES string of the molecule is COCC(Nc1cccc(CS(=O)c2ncc[nH]2)c1)OC. The standard InChI is InChI=1S/C14H19N3O3S/c1-19-9-13(20-2)17-12-5-3-4-11(8-12)10-21(18)14-15-6-7-16-14/h3-8,13,17H,9-10H2,1-2H3,(H,15,16). The zero-order valence-corrected chi connectivity index (χ0v) is 12.9. The summed E-state index contributed by atoms with van der Waals surface area (Å²) in [7, 11) is 2.06. The number of nitrogens with zero attached hydrogens (tertiary/aromatic N) is 1. The van der Waals surface area contributed by atoms with Crippen molar-refractivity contribution in [3.63, 3.8) is 0 Å². The van der Waals surface area contributed by atoms with Crippen LogP contribution in [0, 0.1) is 0 Å². The number of benzene rings is 1. The average Bonchev–Trinajstić information content (AvgIpc) is 3.01. The van der Waals surface area contributed by atoms with E-state index in [2.05, 4.69) is 15.3 Å². The number of methoxy groups -OCH3 is 2. The minimum absolute atomic E-state index is 0.221. The quantitative estimate of drug-likeness (QED) is 0.727. The van der Waals surface area contributed by atoms with Gasteiger partial charge in [0.1, 0.15) is 0 Å². The van der Waals surface area contributed by atoms with Crippen molar-refractivity contribution in [1.82, 2.24) is 9.97 Å². The molecule has 0 aliphatic carbocycles. The molecular formula is C14H19N3O3S. The van der Waals surface area contributed by atoms with Crippen molar-refractivity contribution in [2.75, 3.05) is 26.1 Å². The zero-order chi connectivity index (χ0) is 15.1. The topological polar surface area (TPSA) is 76.2 Å². The van der Waals surface area contributed by atoms with Crippen LogP contribution in [0.5, 0.6) is 0 Å². The highest BCUT2D eigenvalue weighted by Gasteiger charge is 2.09. The lowest BCUT2D eigenvalue weighted by Gasteiger charge is -2.17. The maximum absolute atomic E-state index is 12.1. The van der Waals surface area contributed by atoms with Crippen molar-refractivity contribution in [3.05, 3.63) is 42.2 Å². The number of H-pyrrole nitrogens is 1. The molecule has 0 fully saturated rings. The molecule has 0 aliphatic heterocycles. The molecule has 0 amide bonds. The van der Waals surface area contributed by atoms with E-state index in [1.165, 1.54) is 0 Å². The van der Waals surface area contributed by atoms with Gasteiger partial charge in [-0.15, -0.1) is 0 Å². The summed E-state index contributed by atoms with van der Waals surface area (Å²) in [6.45, 7) is 0.444. The largest absolute Gasteiger partial charge is 0.380 e. The van der Waals surface area contributed by atoms with Crippen LogP contribution in [0.2, 0.25) is 0 Å². The molecule has 2 rings (SSSR count). The third-order valence-corrected chi connectivity index (χ3v) is 4.09. The predicted octanol–water partition coefficient (Wildman–Crippen LogP) is 1.75. The maximum Gasteiger partial charge on any atom is 0.196 e. The van der Waals surface area contributed by atoms with Crippen molar-refractivity contribution in [2.45, 2.75) is 17.1 Å². The number of rotatable bonds is 8. The van der Waals surface area contributed by atoms with Gasteiger partial charge in [-0.3, -0.25) is 4.21 Å². The Morgan fingerprint density at radius 2 is 2.29 bits per heavy atom. The summed E-state index contributed by atoms with van der Waals surface area (Å²) in [4.78, 5) is 6.88. The van der Waals surface area contributed by atoms with E-state index in [1.54, 1.807) is 26.6 Å². The molecule has 21 heavy (non-hydrogen) atoms. The number of hydrogen-bond donors (Lipinski definition) is 2. The Balaban J connectivity index is 2.02. The summed E-state index contributed by atoms with van der Waals surface area (Å²) < 4.78 is 22.4. The van der Waals surface area contributed by atoms with Gasteiger partial charge >= 0.3 is 0 Å². The first-order chi connectivity index (χ1) is 10.2. The first kappa shape index (κ1) is 15.7. The third-order valence-electron chi connectivity index (χ3n) is 2.84. The Bertz CT molecular complexity index is 575. The molecule has 2 aromatic rings. The Hall–Kier alpha value is -1.70. The van der Waals surface area contributed by atoms with Crippen molar-refractivity contribution in [3.8, 4) is 0 Å². The molecule has 1 aromatic heterocycles. The second-order valence-electron chi connectivity index (χ2n) is 4.41. The number of ether oxygens (including phenoxy) is 2. The van der Waals surface area contributed by atoms with Crippen molar-refractivity contribution in [1.29, 1.82) is 0 Å². The number of aromatic amines is 1. The van der Waals surface area contributed by atoms with E-state index in [0.717, 1.165) is 11.3 Å². The second kappa shape index (κ2) is 7.92. The molecule has 2 N–H and O–H groups in total. The van der Waals surface area contributed by atoms with E-state index in [-0.39, 0.29) is 6.23 Å². The van der Waals surface area contributed by atoms with Crippen molar-refractivity contribution in [2.24, 2.45) is 0 Å². The number of nitrogens with one attached hydrogen (secondary N) is 2. The highest BCUT2D eigenvalue weighted by atomic mass is 32.2. The maximum atomic E-state index is 12.1. The van der Waals surface area contributed by atoms with E-state index in [0.29, 0.717) is 17.5 Å². The lowest BCUT2D eigenvalue weighted by molar-refractivity contribution is 0.0457. The van der Waals surface area contributed by atoms with Crippen LogP contribution in [0.1, 0.15) is 5.56 Å². The van der Waals surface area contributed by atoms with E-state index in [9.17, 15) is 4.21 Å². The molecule has 0 aliphatic rings. The predicted molar refractivity (Wildman–Crippen MR) is 81.4 cm³/mol. The normalized spacial score (nSPS) is 13.8. The van der Waals surface area contributed by atoms with Gasteiger partial charge in [-0.05, 0) is 17.7 Å². The van der Waals surface area contributed by atoms with Gasteiger partial charge in [0.15, 0.2) is 11.4 Å². The van der Waals surface area contributed by atoms with Crippen molar-refractivity contribution < 1.29 is 13.7 Å². The van der Waals surface area contributed by atoms with Gasteiger partial charge in [0.05, 0.1) is 23.2 Å². The van der Waals surface area contributed by atoms with Crippen LogP contribution in [0.4, 0.5) is 5.69 Å². The first-order valence-corrected chi connectivity index (χ1v) is 7.79. The fourth-order valence-electron chi connectivity index (χ4n) is 1.85. The van der Waals surface area contributed by atoms with Crippen molar-refractivity contribution >= 4 is 16.5 Å². The first-order valence-electron chi connectivity index (χ1n) is 6.48. The number of imidazole rings is 1. The number of anilines is 1. The van der Waals surface area contributed by atoms with E-state index < -0.39 is 10.8 Å². The molecule has 0 bridgehead atoms. The van der Waals surface area contributed by atoms with Crippen LogP contribution >= 0.6 is 0 Å². The summed E-state index contributed by atoms with van der Waals surface area (Å²) >= 11 is 0. The van der Waals surface area contributed by atoms with Crippen LogP contribution in [-0.2, 0) is 26.0 Å². The van der Waals surface area contributed by atoms with E-state index in [4.69, 9.17) is 9.47 Å². The van der Waals surface area contributed by atoms with Gasteiger partial charge in [0.2, 0.25) is 0 Å². The van der Waals surface area contributed by atoms with Gasteiger partial charge in [-0.25, -0.2) is 4.98 Å². The zero-order valence-electron chi connectivity index (χ0n) is 12.0. The average molecular weight is 309 g/mol. The molecule has 2 atom stereocenters. The Morgan fingerprint density at radius 3 is 2.95 bits per heavy atom. The van der Waals surface area contributed by atoms with E-state index in [1.807, 2.05) is 24.3 Å². The highest BCUT2D eigenvalue weighted by molar-refractivity contribution is 7.84. The minimum atomic E-state index is -1.18. The van der Waals surface area contributed by atoms with Crippen LogP contribution < -0.4 is 5.32 Å². The highest BCUT2D eigenvalue weighted by Crippen LogP contribution is 2.15. The fraction of sp³-hybridized carbons (Fsp3) is 0.357. The molecule has 0 radical (unpaired) electrons. The van der Waals surface area contributed by atoms with Gasteiger partial charge in [-0.2, -0.15) is 0 Å². The Labute approximate surface area is 126 Å². The summed E-state index contributed by atoms with van der Waals surface area (Å²) in [5.74, 6) is 0.408. The van der Waals surface area contributed by atoms with Gasteiger partial charge in [-0.1, -0.05) is 12.1 Å². The van der Waals surface area contributed by atoms with Crippen LogP contribution in [0.15, 0.2) is 41.8 Å². The molecular weight excluding hydrogens is 290 g/mol. The third kappa shape index (κ3) is 4.66. The number of hydrogen-bond acceptors (Lipinski definition) is 5. The summed E-state index contributed by atoms with van der Waals surface area (Å²) in [6, 6.07) is 7.73. The second-order valence-corrected chi connectivity index (χ2v) is 5.78. The molecule has 0 spiro atoms. The van der Waals surface area contributed by atoms with Gasteiger partial charge in [0, 0.05) is 32.3 Å². The minimum Gasteiger partial charge on any atom is -0.380 e. The fourth-order valence-corrected chi connectivity index (χ4v) is 2.85. The molecule has 0 saturated carbocycles. The summed E-state index contributed by atoms with van der Waals surface area (Å²) in [5, 5.41) is 3.70. The Morgan fingerprint density at radius 1 is 1.43 bits per heavy atom.